The molecular formula is C22H28N2O6. The fraction of sp³-hybridized carbons (Fsp3) is 0.409. The van der Waals surface area contributed by atoms with Gasteiger partial charge < -0.3 is 24.5 Å². The van der Waals surface area contributed by atoms with E-state index in [2.05, 4.69) is 10.3 Å². The van der Waals surface area contributed by atoms with Gasteiger partial charge in [-0.2, -0.15) is 0 Å². The Morgan fingerprint density at radius 2 is 1.77 bits per heavy atom. The normalized spacial score (nSPS) is 11.5. The molecule has 0 unspecified atom stereocenters. The van der Waals surface area contributed by atoms with Crippen molar-refractivity contribution in [3.63, 3.8) is 0 Å². The van der Waals surface area contributed by atoms with E-state index in [1.54, 1.807) is 27.9 Å². The number of esters is 2. The highest BCUT2D eigenvalue weighted by Crippen LogP contribution is 2.20. The summed E-state index contributed by atoms with van der Waals surface area (Å²) in [6.07, 6.45) is -0.344. The van der Waals surface area contributed by atoms with E-state index in [1.807, 2.05) is 24.3 Å². The maximum atomic E-state index is 12.6. The van der Waals surface area contributed by atoms with Gasteiger partial charge in [0.25, 0.3) is 5.91 Å². The van der Waals surface area contributed by atoms with Crippen molar-refractivity contribution >= 4 is 17.8 Å². The van der Waals surface area contributed by atoms with Gasteiger partial charge in [0.1, 0.15) is 11.4 Å². The molecule has 0 saturated heterocycles. The van der Waals surface area contributed by atoms with Crippen molar-refractivity contribution in [2.24, 2.45) is 0 Å². The molecular weight excluding hydrogens is 388 g/mol. The molecule has 0 saturated carbocycles. The van der Waals surface area contributed by atoms with Crippen molar-refractivity contribution in [2.45, 2.75) is 40.2 Å². The smallest absolute Gasteiger partial charge is 0.355 e. The Kier molecular flexibility index (Phi) is 8.03. The van der Waals surface area contributed by atoms with E-state index in [4.69, 9.17) is 14.2 Å². The van der Waals surface area contributed by atoms with E-state index in [0.717, 1.165) is 11.3 Å². The standard InChI is InChI=1S/C22H28N2O6/c1-6-29-22(27)19-13(2)18(14(3)24-19)21(26)30-15(4)20(25)23-12-11-16-7-9-17(28-5)10-8-16/h7-10,15,24H,6,11-12H2,1-5H3,(H,23,25)/t15-/m0/s1. The van der Waals surface area contributed by atoms with Crippen molar-refractivity contribution in [2.75, 3.05) is 20.3 Å². The number of carbonyl (C=O) groups is 3. The first-order valence-electron chi connectivity index (χ1n) is 9.76. The van der Waals surface area contributed by atoms with Crippen LogP contribution in [0.3, 0.4) is 0 Å². The Labute approximate surface area is 175 Å². The number of aromatic nitrogens is 1. The lowest BCUT2D eigenvalue weighted by atomic mass is 10.1. The average Bonchev–Trinajstić information content (AvgIpc) is 3.02. The summed E-state index contributed by atoms with van der Waals surface area (Å²) in [4.78, 5) is 39.7. The molecule has 8 nitrogen and oxygen atoms in total. The van der Waals surface area contributed by atoms with E-state index < -0.39 is 23.9 Å². The molecule has 2 aromatic rings. The predicted molar refractivity (Wildman–Crippen MR) is 111 cm³/mol. The molecule has 0 aliphatic carbocycles. The van der Waals surface area contributed by atoms with E-state index in [0.29, 0.717) is 24.2 Å². The average molecular weight is 416 g/mol. The third-order valence-corrected chi connectivity index (χ3v) is 4.65. The molecule has 30 heavy (non-hydrogen) atoms. The lowest BCUT2D eigenvalue weighted by Crippen LogP contribution is -2.37. The SMILES string of the molecule is CCOC(=O)c1[nH]c(C)c(C(=O)O[C@@H](C)C(=O)NCCc2ccc(OC)cc2)c1C. The van der Waals surface area contributed by atoms with Crippen LogP contribution in [0.4, 0.5) is 0 Å². The molecule has 0 spiro atoms. The fourth-order valence-corrected chi connectivity index (χ4v) is 3.00. The molecule has 1 aromatic carbocycles. The van der Waals surface area contributed by atoms with Gasteiger partial charge in [-0.05, 0) is 57.4 Å². The number of ether oxygens (including phenoxy) is 3. The van der Waals surface area contributed by atoms with Crippen molar-refractivity contribution in [3.8, 4) is 5.75 Å². The zero-order valence-corrected chi connectivity index (χ0v) is 18.0. The molecule has 0 aliphatic heterocycles. The molecule has 1 amide bonds. The summed E-state index contributed by atoms with van der Waals surface area (Å²) in [5.41, 5.74) is 2.40. The van der Waals surface area contributed by atoms with Gasteiger partial charge in [0.2, 0.25) is 0 Å². The lowest BCUT2D eigenvalue weighted by Gasteiger charge is -2.14. The van der Waals surface area contributed by atoms with Gasteiger partial charge in [-0.3, -0.25) is 4.79 Å². The van der Waals surface area contributed by atoms with E-state index in [-0.39, 0.29) is 17.9 Å². The molecule has 1 aromatic heterocycles. The maximum Gasteiger partial charge on any atom is 0.355 e. The van der Waals surface area contributed by atoms with Crippen LogP contribution >= 0.6 is 0 Å². The van der Waals surface area contributed by atoms with Crippen LogP contribution in [0.5, 0.6) is 5.75 Å². The van der Waals surface area contributed by atoms with Gasteiger partial charge in [-0.1, -0.05) is 12.1 Å². The highest BCUT2D eigenvalue weighted by atomic mass is 16.5. The largest absolute Gasteiger partial charge is 0.497 e. The van der Waals surface area contributed by atoms with Crippen LogP contribution in [0.15, 0.2) is 24.3 Å². The number of H-pyrrole nitrogens is 1. The van der Waals surface area contributed by atoms with Crippen LogP contribution in [0.25, 0.3) is 0 Å². The van der Waals surface area contributed by atoms with Crippen LogP contribution in [0.2, 0.25) is 0 Å². The van der Waals surface area contributed by atoms with Gasteiger partial charge in [0.15, 0.2) is 6.10 Å². The van der Waals surface area contributed by atoms with Crippen molar-refractivity contribution in [1.82, 2.24) is 10.3 Å². The molecule has 1 heterocycles. The zero-order valence-electron chi connectivity index (χ0n) is 18.0. The third kappa shape index (κ3) is 5.62. The van der Waals surface area contributed by atoms with Crippen molar-refractivity contribution < 1.29 is 28.6 Å². The number of aromatic amines is 1. The summed E-state index contributed by atoms with van der Waals surface area (Å²) < 4.78 is 15.4. The summed E-state index contributed by atoms with van der Waals surface area (Å²) in [6.45, 7) is 7.13. The summed E-state index contributed by atoms with van der Waals surface area (Å²) in [6, 6.07) is 7.56. The van der Waals surface area contributed by atoms with Crippen molar-refractivity contribution in [1.29, 1.82) is 0 Å². The molecule has 162 valence electrons. The van der Waals surface area contributed by atoms with E-state index in [9.17, 15) is 14.4 Å². The van der Waals surface area contributed by atoms with Gasteiger partial charge in [-0.15, -0.1) is 0 Å². The maximum absolute atomic E-state index is 12.6. The van der Waals surface area contributed by atoms with Gasteiger partial charge in [0, 0.05) is 12.2 Å². The summed E-state index contributed by atoms with van der Waals surface area (Å²) in [5.74, 6) is -0.839. The molecule has 0 fully saturated rings. The Balaban J connectivity index is 1.91. The quantitative estimate of drug-likeness (QED) is 0.609. The molecule has 8 heteroatoms. The summed E-state index contributed by atoms with van der Waals surface area (Å²) in [5, 5.41) is 2.76. The molecule has 0 radical (unpaired) electrons. The Hall–Kier alpha value is -3.29. The van der Waals surface area contributed by atoms with Crippen LogP contribution in [-0.2, 0) is 20.7 Å². The number of nitrogens with one attached hydrogen (secondary N) is 2. The first-order valence-corrected chi connectivity index (χ1v) is 9.76. The lowest BCUT2D eigenvalue weighted by molar-refractivity contribution is -0.129. The number of benzene rings is 1. The molecule has 0 aliphatic rings. The number of aryl methyl sites for hydroxylation is 1. The second kappa shape index (κ2) is 10.5. The Morgan fingerprint density at radius 1 is 1.10 bits per heavy atom. The Morgan fingerprint density at radius 3 is 2.37 bits per heavy atom. The predicted octanol–water partition coefficient (Wildman–Crippen LogP) is 2.72. The topological polar surface area (TPSA) is 107 Å². The van der Waals surface area contributed by atoms with Gasteiger partial charge in [0.05, 0.1) is 19.3 Å². The minimum Gasteiger partial charge on any atom is -0.497 e. The third-order valence-electron chi connectivity index (χ3n) is 4.65. The van der Waals surface area contributed by atoms with Gasteiger partial charge in [-0.25, -0.2) is 9.59 Å². The monoisotopic (exact) mass is 416 g/mol. The number of hydrogen-bond donors (Lipinski definition) is 2. The number of rotatable bonds is 9. The molecule has 2 rings (SSSR count). The second-order valence-electron chi connectivity index (χ2n) is 6.78. The van der Waals surface area contributed by atoms with Crippen LogP contribution in [0.1, 0.15) is 51.5 Å². The number of methoxy groups -OCH3 is 1. The van der Waals surface area contributed by atoms with E-state index in [1.165, 1.54) is 6.92 Å². The van der Waals surface area contributed by atoms with Crippen LogP contribution in [-0.4, -0.2) is 49.2 Å². The fourth-order valence-electron chi connectivity index (χ4n) is 3.00. The highest BCUT2D eigenvalue weighted by molar-refractivity contribution is 5.99. The first kappa shape index (κ1) is 23.0. The number of hydrogen-bond acceptors (Lipinski definition) is 6. The molecule has 2 N–H and O–H groups in total. The molecule has 1 atom stereocenters. The zero-order chi connectivity index (χ0) is 22.3. The summed E-state index contributed by atoms with van der Waals surface area (Å²) >= 11 is 0. The number of amides is 1. The number of carbonyl (C=O) groups excluding carboxylic acids is 3. The summed E-state index contributed by atoms with van der Waals surface area (Å²) in [7, 11) is 1.60. The Bertz CT molecular complexity index is 901. The highest BCUT2D eigenvalue weighted by Gasteiger charge is 2.26. The van der Waals surface area contributed by atoms with Crippen LogP contribution in [0, 0.1) is 13.8 Å². The first-order chi connectivity index (χ1) is 14.3. The van der Waals surface area contributed by atoms with Crippen LogP contribution < -0.4 is 10.1 Å². The van der Waals surface area contributed by atoms with Crippen molar-refractivity contribution in [3.05, 3.63) is 52.3 Å². The minimum absolute atomic E-state index is 0.206. The molecule has 0 bridgehead atoms. The van der Waals surface area contributed by atoms with Gasteiger partial charge >= 0.3 is 11.9 Å². The van der Waals surface area contributed by atoms with E-state index >= 15 is 0 Å². The minimum atomic E-state index is -0.979. The second-order valence-corrected chi connectivity index (χ2v) is 6.78.